The molecule has 1 aliphatic rings. The van der Waals surface area contributed by atoms with E-state index < -0.39 is 0 Å². The number of nitrogens with zero attached hydrogens (tertiary/aromatic N) is 5. The quantitative estimate of drug-likeness (QED) is 0.412. The molecule has 8 nitrogen and oxygen atoms in total. The molecule has 4 rings (SSSR count). The number of hydrogen-bond acceptors (Lipinski definition) is 5. The Balaban J connectivity index is 1.70. The van der Waals surface area contributed by atoms with Crippen LogP contribution in [-0.4, -0.2) is 31.8 Å². The second-order valence-electron chi connectivity index (χ2n) is 9.40. The van der Waals surface area contributed by atoms with Gasteiger partial charge >= 0.3 is 5.69 Å². The van der Waals surface area contributed by atoms with Gasteiger partial charge in [-0.05, 0) is 43.5 Å². The van der Waals surface area contributed by atoms with E-state index in [4.69, 9.17) is 9.72 Å². The third-order valence-electron chi connectivity index (χ3n) is 6.64. The third-order valence-corrected chi connectivity index (χ3v) is 6.64. The van der Waals surface area contributed by atoms with E-state index in [9.17, 15) is 9.59 Å². The predicted octanol–water partition coefficient (Wildman–Crippen LogP) is 4.44. The van der Waals surface area contributed by atoms with Crippen molar-refractivity contribution in [1.29, 1.82) is 0 Å². The molecular formula is C26H37N5O3. The Morgan fingerprint density at radius 3 is 2.41 bits per heavy atom. The van der Waals surface area contributed by atoms with Crippen molar-refractivity contribution < 1.29 is 4.74 Å². The number of aryl methyl sites for hydroxylation is 1. The largest absolute Gasteiger partial charge is 0.494 e. The van der Waals surface area contributed by atoms with Crippen LogP contribution in [0.2, 0.25) is 0 Å². The third kappa shape index (κ3) is 4.63. The molecule has 1 atom stereocenters. The zero-order valence-electron chi connectivity index (χ0n) is 20.9. The first-order valence-corrected chi connectivity index (χ1v) is 12.7. The number of unbranched alkanes of at least 4 members (excludes halogenated alkanes) is 5. The normalized spacial score (nSPS) is 15.6. The molecule has 0 saturated carbocycles. The van der Waals surface area contributed by atoms with Crippen molar-refractivity contribution in [1.82, 2.24) is 18.7 Å². The van der Waals surface area contributed by atoms with E-state index in [-0.39, 0.29) is 11.2 Å². The highest BCUT2D eigenvalue weighted by molar-refractivity contribution is 5.77. The summed E-state index contributed by atoms with van der Waals surface area (Å²) < 4.78 is 10.5. The summed E-state index contributed by atoms with van der Waals surface area (Å²) >= 11 is 0. The van der Waals surface area contributed by atoms with Crippen LogP contribution in [0.25, 0.3) is 11.2 Å². The zero-order valence-corrected chi connectivity index (χ0v) is 20.9. The summed E-state index contributed by atoms with van der Waals surface area (Å²) in [6, 6.07) is 7.94. The Morgan fingerprint density at radius 2 is 1.71 bits per heavy atom. The van der Waals surface area contributed by atoms with Crippen LogP contribution in [0, 0.1) is 5.92 Å². The Labute approximate surface area is 200 Å². The minimum atomic E-state index is -0.290. The lowest BCUT2D eigenvalue weighted by Gasteiger charge is -2.33. The van der Waals surface area contributed by atoms with Crippen molar-refractivity contribution in [2.45, 2.75) is 72.4 Å². The first kappa shape index (κ1) is 24.1. The molecule has 2 aromatic heterocycles. The average molecular weight is 468 g/mol. The second-order valence-corrected chi connectivity index (χ2v) is 9.40. The summed E-state index contributed by atoms with van der Waals surface area (Å²) in [6.07, 6.45) is 6.65. The minimum Gasteiger partial charge on any atom is -0.494 e. The second kappa shape index (κ2) is 10.5. The Morgan fingerprint density at radius 1 is 1.00 bits per heavy atom. The van der Waals surface area contributed by atoms with Gasteiger partial charge in [-0.2, -0.15) is 4.98 Å². The van der Waals surface area contributed by atoms with Gasteiger partial charge in [0.2, 0.25) is 5.95 Å². The Hall–Kier alpha value is -3.03. The smallest absolute Gasteiger partial charge is 0.332 e. The van der Waals surface area contributed by atoms with Crippen LogP contribution < -0.4 is 20.9 Å². The molecule has 3 heterocycles. The molecule has 1 aromatic carbocycles. The van der Waals surface area contributed by atoms with Gasteiger partial charge < -0.3 is 14.2 Å². The fourth-order valence-electron chi connectivity index (χ4n) is 4.86. The first-order valence-electron chi connectivity index (χ1n) is 12.7. The molecule has 0 unspecified atom stereocenters. The van der Waals surface area contributed by atoms with E-state index in [1.165, 1.54) is 28.4 Å². The fraction of sp³-hybridized carbons (Fsp3) is 0.577. The van der Waals surface area contributed by atoms with Crippen molar-refractivity contribution in [3.8, 4) is 5.75 Å². The number of ether oxygens (including phenoxy) is 1. The van der Waals surface area contributed by atoms with Crippen molar-refractivity contribution in [3.63, 3.8) is 0 Å². The highest BCUT2D eigenvalue weighted by Gasteiger charge is 2.29. The molecule has 3 aromatic rings. The van der Waals surface area contributed by atoms with E-state index in [0.29, 0.717) is 42.7 Å². The molecule has 1 aliphatic heterocycles. The number of imidazole rings is 1. The maximum absolute atomic E-state index is 13.5. The summed E-state index contributed by atoms with van der Waals surface area (Å²) in [5, 5.41) is 0. The van der Waals surface area contributed by atoms with E-state index in [1.54, 1.807) is 7.05 Å². The van der Waals surface area contributed by atoms with Gasteiger partial charge in [-0.3, -0.25) is 13.9 Å². The van der Waals surface area contributed by atoms with Gasteiger partial charge in [0.05, 0.1) is 6.61 Å². The summed E-state index contributed by atoms with van der Waals surface area (Å²) in [5.41, 5.74) is 1.44. The predicted molar refractivity (Wildman–Crippen MR) is 136 cm³/mol. The van der Waals surface area contributed by atoms with Crippen molar-refractivity contribution >= 4 is 22.8 Å². The maximum Gasteiger partial charge on any atom is 0.332 e. The van der Waals surface area contributed by atoms with Crippen molar-refractivity contribution in [3.05, 3.63) is 45.1 Å². The van der Waals surface area contributed by atoms with Gasteiger partial charge in [-0.25, -0.2) is 4.79 Å². The van der Waals surface area contributed by atoms with Crippen LogP contribution in [0.3, 0.4) is 0 Å². The molecule has 0 aliphatic carbocycles. The van der Waals surface area contributed by atoms with Gasteiger partial charge in [0, 0.05) is 32.4 Å². The summed E-state index contributed by atoms with van der Waals surface area (Å²) in [4.78, 5) is 33.5. The van der Waals surface area contributed by atoms with E-state index in [1.807, 2.05) is 35.8 Å². The Bertz CT molecular complexity index is 1240. The highest BCUT2D eigenvalue weighted by atomic mass is 16.5. The topological polar surface area (TPSA) is 74.3 Å². The molecule has 8 heteroatoms. The summed E-state index contributed by atoms with van der Waals surface area (Å²) in [5.74, 6) is 1.85. The molecule has 0 saturated heterocycles. The van der Waals surface area contributed by atoms with E-state index >= 15 is 0 Å². The first-order chi connectivity index (χ1) is 16.5. The van der Waals surface area contributed by atoms with E-state index in [0.717, 1.165) is 37.2 Å². The standard InChI is InChI=1S/C26H37N5O3/c1-5-7-8-9-10-11-16-29-24(32)22-23(28(4)26(29)33)27-25-30(17-19(3)18-31(22)25)20-12-14-21(15-13-20)34-6-2/h12-15,19H,5-11,16-18H2,1-4H3/t19-/m1/s1. The number of rotatable bonds is 10. The summed E-state index contributed by atoms with van der Waals surface area (Å²) in [7, 11) is 1.71. The van der Waals surface area contributed by atoms with Gasteiger partial charge in [-0.1, -0.05) is 46.0 Å². The Kier molecular flexibility index (Phi) is 7.44. The van der Waals surface area contributed by atoms with Crippen LogP contribution in [-0.2, 0) is 20.1 Å². The molecule has 0 bridgehead atoms. The van der Waals surface area contributed by atoms with Gasteiger partial charge in [0.15, 0.2) is 11.2 Å². The van der Waals surface area contributed by atoms with Crippen LogP contribution in [0.1, 0.15) is 59.3 Å². The number of benzene rings is 1. The monoisotopic (exact) mass is 467 g/mol. The van der Waals surface area contributed by atoms with Gasteiger partial charge in [0.25, 0.3) is 5.56 Å². The minimum absolute atomic E-state index is 0.230. The number of aromatic nitrogens is 4. The molecule has 0 fully saturated rings. The molecule has 184 valence electrons. The van der Waals surface area contributed by atoms with Gasteiger partial charge in [0.1, 0.15) is 5.75 Å². The SMILES string of the molecule is CCCCCCCCn1c(=O)c2c(nc3n2C[C@H](C)CN3c2ccc(OCC)cc2)n(C)c1=O. The highest BCUT2D eigenvalue weighted by Crippen LogP contribution is 2.33. The molecular weight excluding hydrogens is 430 g/mol. The van der Waals surface area contributed by atoms with Crippen LogP contribution in [0.5, 0.6) is 5.75 Å². The average Bonchev–Trinajstić information content (AvgIpc) is 3.21. The molecule has 0 N–H and O–H groups in total. The lowest BCUT2D eigenvalue weighted by molar-refractivity contribution is 0.340. The van der Waals surface area contributed by atoms with Crippen molar-refractivity contribution in [2.75, 3.05) is 18.1 Å². The van der Waals surface area contributed by atoms with Crippen LogP contribution in [0.15, 0.2) is 33.9 Å². The number of fused-ring (bicyclic) bond motifs is 3. The molecule has 0 radical (unpaired) electrons. The molecule has 0 spiro atoms. The number of hydrogen-bond donors (Lipinski definition) is 0. The zero-order chi connectivity index (χ0) is 24.2. The summed E-state index contributed by atoms with van der Waals surface area (Å²) in [6.45, 7) is 8.89. The fourth-order valence-corrected chi connectivity index (χ4v) is 4.86. The maximum atomic E-state index is 13.5. The van der Waals surface area contributed by atoms with Crippen molar-refractivity contribution in [2.24, 2.45) is 13.0 Å². The lowest BCUT2D eigenvalue weighted by Crippen LogP contribution is -2.40. The number of anilines is 2. The van der Waals surface area contributed by atoms with Gasteiger partial charge in [-0.15, -0.1) is 0 Å². The van der Waals surface area contributed by atoms with E-state index in [2.05, 4.69) is 18.7 Å². The van der Waals surface area contributed by atoms with Crippen LogP contribution in [0.4, 0.5) is 11.6 Å². The van der Waals surface area contributed by atoms with Crippen LogP contribution >= 0.6 is 0 Å². The molecule has 0 amide bonds. The lowest BCUT2D eigenvalue weighted by atomic mass is 10.1. The molecule has 34 heavy (non-hydrogen) atoms.